The number of rotatable bonds is 6. The molecular formula is C12H24N2OS. The normalized spacial score (nSPS) is 19.4. The van der Waals surface area contributed by atoms with E-state index in [1.165, 1.54) is 24.3 Å². The Kier molecular flexibility index (Phi) is 6.88. The van der Waals surface area contributed by atoms with E-state index in [2.05, 4.69) is 12.2 Å². The van der Waals surface area contributed by atoms with E-state index in [1.807, 2.05) is 11.8 Å². The summed E-state index contributed by atoms with van der Waals surface area (Å²) in [7, 11) is 0. The molecule has 1 fully saturated rings. The van der Waals surface area contributed by atoms with Gasteiger partial charge in [0.05, 0.1) is 5.92 Å². The molecule has 1 unspecified atom stereocenters. The third-order valence-electron chi connectivity index (χ3n) is 3.20. The second kappa shape index (κ2) is 7.96. The third kappa shape index (κ3) is 4.74. The number of amides is 1. The van der Waals surface area contributed by atoms with Crippen molar-refractivity contribution in [2.75, 3.05) is 24.6 Å². The number of nitrogens with two attached hydrogens (primary N) is 1. The van der Waals surface area contributed by atoms with Crippen LogP contribution in [0, 0.1) is 11.8 Å². The van der Waals surface area contributed by atoms with Gasteiger partial charge in [0.15, 0.2) is 0 Å². The molecule has 1 aliphatic heterocycles. The van der Waals surface area contributed by atoms with Gasteiger partial charge in [-0.1, -0.05) is 13.3 Å². The topological polar surface area (TPSA) is 55.1 Å². The summed E-state index contributed by atoms with van der Waals surface area (Å²) in [5.74, 6) is 3.35. The van der Waals surface area contributed by atoms with Gasteiger partial charge in [0.2, 0.25) is 5.91 Å². The monoisotopic (exact) mass is 244 g/mol. The Balaban J connectivity index is 2.21. The SMILES string of the molecule is CCCC(CN)C(=O)NCC1CCSCC1. The number of thioether (sulfide) groups is 1. The molecule has 16 heavy (non-hydrogen) atoms. The molecule has 1 rings (SSSR count). The van der Waals surface area contributed by atoms with E-state index >= 15 is 0 Å². The molecule has 0 saturated carbocycles. The lowest BCUT2D eigenvalue weighted by atomic mass is 10.0. The zero-order valence-electron chi connectivity index (χ0n) is 10.2. The van der Waals surface area contributed by atoms with Crippen LogP contribution in [0.5, 0.6) is 0 Å². The Morgan fingerprint density at radius 3 is 2.75 bits per heavy atom. The van der Waals surface area contributed by atoms with E-state index in [1.54, 1.807) is 0 Å². The van der Waals surface area contributed by atoms with Gasteiger partial charge in [0.1, 0.15) is 0 Å². The first kappa shape index (κ1) is 13.8. The average Bonchev–Trinajstić information content (AvgIpc) is 2.34. The number of hydrogen-bond donors (Lipinski definition) is 2. The van der Waals surface area contributed by atoms with Gasteiger partial charge in [0.25, 0.3) is 0 Å². The lowest BCUT2D eigenvalue weighted by Crippen LogP contribution is -2.38. The molecule has 0 aromatic heterocycles. The average molecular weight is 244 g/mol. The molecule has 1 amide bonds. The van der Waals surface area contributed by atoms with Gasteiger partial charge >= 0.3 is 0 Å². The van der Waals surface area contributed by atoms with Gasteiger partial charge in [-0.05, 0) is 36.7 Å². The summed E-state index contributed by atoms with van der Waals surface area (Å²) < 4.78 is 0. The van der Waals surface area contributed by atoms with Crippen molar-refractivity contribution in [3.8, 4) is 0 Å². The van der Waals surface area contributed by atoms with E-state index in [-0.39, 0.29) is 11.8 Å². The highest BCUT2D eigenvalue weighted by Gasteiger charge is 2.18. The lowest BCUT2D eigenvalue weighted by Gasteiger charge is -2.22. The van der Waals surface area contributed by atoms with Crippen molar-refractivity contribution in [3.05, 3.63) is 0 Å². The smallest absolute Gasteiger partial charge is 0.224 e. The van der Waals surface area contributed by atoms with Crippen LogP contribution in [0.15, 0.2) is 0 Å². The highest BCUT2D eigenvalue weighted by Crippen LogP contribution is 2.21. The Morgan fingerprint density at radius 1 is 1.50 bits per heavy atom. The van der Waals surface area contributed by atoms with Crippen molar-refractivity contribution in [1.29, 1.82) is 0 Å². The summed E-state index contributed by atoms with van der Waals surface area (Å²) in [6.07, 6.45) is 4.41. The van der Waals surface area contributed by atoms with Crippen molar-refractivity contribution in [1.82, 2.24) is 5.32 Å². The van der Waals surface area contributed by atoms with Gasteiger partial charge in [0, 0.05) is 13.1 Å². The van der Waals surface area contributed by atoms with Crippen molar-refractivity contribution < 1.29 is 4.79 Å². The molecular weight excluding hydrogens is 220 g/mol. The van der Waals surface area contributed by atoms with Gasteiger partial charge in [-0.25, -0.2) is 0 Å². The van der Waals surface area contributed by atoms with Crippen LogP contribution >= 0.6 is 11.8 Å². The van der Waals surface area contributed by atoms with Crippen LogP contribution in [0.1, 0.15) is 32.6 Å². The second-order valence-electron chi connectivity index (χ2n) is 4.52. The van der Waals surface area contributed by atoms with Crippen molar-refractivity contribution in [2.24, 2.45) is 17.6 Å². The third-order valence-corrected chi connectivity index (χ3v) is 4.25. The van der Waals surface area contributed by atoms with Crippen LogP contribution in [-0.4, -0.2) is 30.5 Å². The quantitative estimate of drug-likeness (QED) is 0.746. The van der Waals surface area contributed by atoms with Crippen LogP contribution in [0.2, 0.25) is 0 Å². The van der Waals surface area contributed by atoms with E-state index in [4.69, 9.17) is 5.73 Å². The van der Waals surface area contributed by atoms with Crippen LogP contribution < -0.4 is 11.1 Å². The van der Waals surface area contributed by atoms with Crippen LogP contribution in [0.4, 0.5) is 0 Å². The first-order chi connectivity index (χ1) is 7.77. The lowest BCUT2D eigenvalue weighted by molar-refractivity contribution is -0.125. The molecule has 0 aromatic rings. The summed E-state index contributed by atoms with van der Waals surface area (Å²) in [5.41, 5.74) is 5.60. The van der Waals surface area contributed by atoms with Crippen LogP contribution in [-0.2, 0) is 4.79 Å². The molecule has 0 bridgehead atoms. The van der Waals surface area contributed by atoms with E-state index < -0.39 is 0 Å². The summed E-state index contributed by atoms with van der Waals surface area (Å²) >= 11 is 2.02. The Hall–Kier alpha value is -0.220. The van der Waals surface area contributed by atoms with E-state index in [0.29, 0.717) is 12.5 Å². The summed E-state index contributed by atoms with van der Waals surface area (Å²) in [4.78, 5) is 11.8. The standard InChI is InChI=1S/C12H24N2OS/c1-2-3-11(8-13)12(15)14-9-10-4-6-16-7-5-10/h10-11H,2-9,13H2,1H3,(H,14,15). The zero-order valence-corrected chi connectivity index (χ0v) is 11.0. The highest BCUT2D eigenvalue weighted by atomic mass is 32.2. The Labute approximate surface area is 103 Å². The maximum absolute atomic E-state index is 11.8. The minimum Gasteiger partial charge on any atom is -0.356 e. The summed E-state index contributed by atoms with van der Waals surface area (Å²) in [6.45, 7) is 3.41. The number of carbonyl (C=O) groups is 1. The molecule has 4 heteroatoms. The van der Waals surface area contributed by atoms with E-state index in [0.717, 1.165) is 19.4 Å². The molecule has 0 spiro atoms. The van der Waals surface area contributed by atoms with Crippen molar-refractivity contribution in [3.63, 3.8) is 0 Å². The van der Waals surface area contributed by atoms with Gasteiger partial charge in [-0.3, -0.25) is 4.79 Å². The summed E-state index contributed by atoms with van der Waals surface area (Å²) in [5, 5.41) is 3.06. The maximum atomic E-state index is 11.8. The summed E-state index contributed by atoms with van der Waals surface area (Å²) in [6, 6.07) is 0. The Morgan fingerprint density at radius 2 is 2.19 bits per heavy atom. The number of hydrogen-bond acceptors (Lipinski definition) is 3. The van der Waals surface area contributed by atoms with Crippen molar-refractivity contribution >= 4 is 17.7 Å². The largest absolute Gasteiger partial charge is 0.356 e. The first-order valence-corrected chi connectivity index (χ1v) is 7.49. The Bertz CT molecular complexity index is 205. The number of carbonyl (C=O) groups excluding carboxylic acids is 1. The fourth-order valence-electron chi connectivity index (χ4n) is 2.04. The van der Waals surface area contributed by atoms with Crippen LogP contribution in [0.3, 0.4) is 0 Å². The molecule has 1 saturated heterocycles. The molecule has 0 aliphatic carbocycles. The van der Waals surface area contributed by atoms with Gasteiger partial charge < -0.3 is 11.1 Å². The maximum Gasteiger partial charge on any atom is 0.224 e. The first-order valence-electron chi connectivity index (χ1n) is 6.33. The highest BCUT2D eigenvalue weighted by molar-refractivity contribution is 7.99. The fourth-order valence-corrected chi connectivity index (χ4v) is 3.25. The molecule has 3 N–H and O–H groups in total. The van der Waals surface area contributed by atoms with Gasteiger partial charge in [-0.2, -0.15) is 11.8 Å². The van der Waals surface area contributed by atoms with Crippen molar-refractivity contribution in [2.45, 2.75) is 32.6 Å². The fraction of sp³-hybridized carbons (Fsp3) is 0.917. The molecule has 1 aliphatic rings. The molecule has 1 atom stereocenters. The predicted octanol–water partition coefficient (Wildman–Crippen LogP) is 1.62. The molecule has 3 nitrogen and oxygen atoms in total. The minimum atomic E-state index is 0.0166. The van der Waals surface area contributed by atoms with E-state index in [9.17, 15) is 4.79 Å². The minimum absolute atomic E-state index is 0.0166. The predicted molar refractivity (Wildman–Crippen MR) is 70.5 cm³/mol. The molecule has 0 aromatic carbocycles. The molecule has 0 radical (unpaired) electrons. The number of nitrogens with one attached hydrogen (secondary N) is 1. The van der Waals surface area contributed by atoms with Crippen LogP contribution in [0.25, 0.3) is 0 Å². The second-order valence-corrected chi connectivity index (χ2v) is 5.75. The zero-order chi connectivity index (χ0) is 11.8. The molecule has 94 valence electrons. The molecule has 1 heterocycles. The van der Waals surface area contributed by atoms with Gasteiger partial charge in [-0.15, -0.1) is 0 Å².